The molecule has 1 aliphatic heterocycles. The zero-order valence-corrected chi connectivity index (χ0v) is 17.0. The summed E-state index contributed by atoms with van der Waals surface area (Å²) < 4.78 is 5.39. The van der Waals surface area contributed by atoms with Gasteiger partial charge in [0.15, 0.2) is 5.11 Å². The molecule has 0 atom stereocenters. The van der Waals surface area contributed by atoms with Crippen molar-refractivity contribution >= 4 is 46.4 Å². The van der Waals surface area contributed by atoms with Gasteiger partial charge in [0, 0.05) is 18.2 Å². The molecular formula is C21H21N3O4S. The summed E-state index contributed by atoms with van der Waals surface area (Å²) in [7, 11) is 1.45. The maximum Gasteiger partial charge on any atom is 0.266 e. The average Bonchev–Trinajstić information content (AvgIpc) is 2.97. The molecule has 0 saturated heterocycles. The number of nitrogens with zero attached hydrogens (tertiary/aromatic N) is 1. The normalized spacial score (nSPS) is 12.6. The second-order valence-electron chi connectivity index (χ2n) is 6.48. The van der Waals surface area contributed by atoms with Crippen molar-refractivity contribution in [3.8, 4) is 5.75 Å². The molecule has 0 radical (unpaired) electrons. The molecule has 150 valence electrons. The number of benzene rings is 2. The molecule has 7 nitrogen and oxygen atoms in total. The highest BCUT2D eigenvalue weighted by Gasteiger charge is 2.37. The Morgan fingerprint density at radius 1 is 1.10 bits per heavy atom. The molecule has 29 heavy (non-hydrogen) atoms. The Kier molecular flexibility index (Phi) is 6.23. The maximum atomic E-state index is 12.7. The van der Waals surface area contributed by atoms with E-state index >= 15 is 0 Å². The summed E-state index contributed by atoms with van der Waals surface area (Å²) in [4.78, 5) is 38.3. The monoisotopic (exact) mass is 411 g/mol. The Morgan fingerprint density at radius 2 is 1.76 bits per heavy atom. The van der Waals surface area contributed by atoms with Crippen molar-refractivity contribution in [1.82, 2.24) is 5.32 Å². The zero-order valence-electron chi connectivity index (χ0n) is 16.2. The maximum absolute atomic E-state index is 12.7. The van der Waals surface area contributed by atoms with Gasteiger partial charge < -0.3 is 15.4 Å². The van der Waals surface area contributed by atoms with Gasteiger partial charge in [-0.2, -0.15) is 0 Å². The Labute approximate surface area is 174 Å². The van der Waals surface area contributed by atoms with Crippen molar-refractivity contribution in [2.75, 3.05) is 17.3 Å². The fraction of sp³-hybridized carbons (Fsp3) is 0.238. The number of ether oxygens (including phenoxy) is 1. The molecule has 2 N–H and O–H groups in total. The lowest BCUT2D eigenvalue weighted by Gasteiger charge is -2.19. The number of nitrogens with one attached hydrogen (secondary N) is 2. The van der Waals surface area contributed by atoms with Gasteiger partial charge in [-0.15, -0.1) is 0 Å². The molecule has 0 fully saturated rings. The van der Waals surface area contributed by atoms with Crippen molar-refractivity contribution in [2.24, 2.45) is 0 Å². The van der Waals surface area contributed by atoms with Crippen molar-refractivity contribution in [3.05, 3.63) is 53.6 Å². The minimum absolute atomic E-state index is 0.154. The Balaban J connectivity index is 1.78. The quantitative estimate of drug-likeness (QED) is 0.559. The zero-order chi connectivity index (χ0) is 21.0. The van der Waals surface area contributed by atoms with Crippen LogP contribution in [0.15, 0.2) is 42.5 Å². The van der Waals surface area contributed by atoms with Crippen LogP contribution in [0.3, 0.4) is 0 Å². The number of rotatable bonds is 6. The highest BCUT2D eigenvalue weighted by atomic mass is 32.1. The predicted octanol–water partition coefficient (Wildman–Crippen LogP) is 3.50. The van der Waals surface area contributed by atoms with E-state index in [0.717, 1.165) is 17.7 Å². The highest BCUT2D eigenvalue weighted by molar-refractivity contribution is 7.80. The number of carbonyl (C=O) groups is 3. The Hall–Kier alpha value is -3.26. The average molecular weight is 411 g/mol. The summed E-state index contributed by atoms with van der Waals surface area (Å²) in [6.45, 7) is 2.01. The Morgan fingerprint density at radius 3 is 2.34 bits per heavy atom. The number of hydrogen-bond donors (Lipinski definition) is 2. The van der Waals surface area contributed by atoms with E-state index in [2.05, 4.69) is 10.6 Å². The van der Waals surface area contributed by atoms with Crippen LogP contribution in [0, 0.1) is 0 Å². The number of thiocarbonyl (C=S) groups is 1. The van der Waals surface area contributed by atoms with E-state index in [0.29, 0.717) is 34.7 Å². The molecule has 3 amide bonds. The van der Waals surface area contributed by atoms with Crippen LogP contribution in [0.2, 0.25) is 0 Å². The molecule has 0 saturated carbocycles. The number of anilines is 2. The van der Waals surface area contributed by atoms with Crippen LogP contribution in [-0.4, -0.2) is 29.9 Å². The lowest BCUT2D eigenvalue weighted by molar-refractivity contribution is -0.119. The first-order valence-corrected chi connectivity index (χ1v) is 9.63. The van der Waals surface area contributed by atoms with Crippen LogP contribution in [0.5, 0.6) is 5.75 Å². The van der Waals surface area contributed by atoms with Crippen LogP contribution in [0.25, 0.3) is 0 Å². The topological polar surface area (TPSA) is 87.7 Å². The largest absolute Gasteiger partial charge is 0.494 e. The first kappa shape index (κ1) is 20.5. The number of hydrogen-bond acceptors (Lipinski definition) is 5. The SMILES string of the molecule is CCCCC(=O)NC(=S)Nc1ccc(N2C(=O)c3ccccc3C2=O)c(OC)c1. The second-order valence-corrected chi connectivity index (χ2v) is 6.89. The van der Waals surface area contributed by atoms with E-state index < -0.39 is 11.8 Å². The van der Waals surface area contributed by atoms with Gasteiger partial charge in [-0.05, 0) is 42.9 Å². The molecule has 8 heteroatoms. The van der Waals surface area contributed by atoms with Crippen molar-refractivity contribution < 1.29 is 19.1 Å². The lowest BCUT2D eigenvalue weighted by atomic mass is 10.1. The van der Waals surface area contributed by atoms with E-state index in [9.17, 15) is 14.4 Å². The molecule has 2 aromatic rings. The van der Waals surface area contributed by atoms with Gasteiger partial charge in [-0.3, -0.25) is 14.4 Å². The summed E-state index contributed by atoms with van der Waals surface area (Å²) in [6, 6.07) is 11.6. The van der Waals surface area contributed by atoms with Gasteiger partial charge >= 0.3 is 0 Å². The molecule has 0 bridgehead atoms. The lowest BCUT2D eigenvalue weighted by Crippen LogP contribution is -2.34. The van der Waals surface area contributed by atoms with Gasteiger partial charge in [0.1, 0.15) is 5.75 Å². The third-order valence-electron chi connectivity index (χ3n) is 4.48. The second kappa shape index (κ2) is 8.83. The van der Waals surface area contributed by atoms with E-state index in [-0.39, 0.29) is 11.0 Å². The molecular weight excluding hydrogens is 390 g/mol. The Bertz CT molecular complexity index is 955. The summed E-state index contributed by atoms with van der Waals surface area (Å²) in [5.74, 6) is -0.629. The molecule has 2 aromatic carbocycles. The summed E-state index contributed by atoms with van der Waals surface area (Å²) in [6.07, 6.45) is 2.11. The fourth-order valence-corrected chi connectivity index (χ4v) is 3.27. The van der Waals surface area contributed by atoms with Gasteiger partial charge in [0.05, 0.1) is 23.9 Å². The molecule has 1 heterocycles. The molecule has 3 rings (SSSR count). The van der Waals surface area contributed by atoms with Crippen molar-refractivity contribution in [3.63, 3.8) is 0 Å². The molecule has 1 aliphatic rings. The first-order valence-electron chi connectivity index (χ1n) is 9.23. The summed E-state index contributed by atoms with van der Waals surface area (Å²) in [5.41, 5.74) is 1.61. The van der Waals surface area contributed by atoms with Crippen molar-refractivity contribution in [1.29, 1.82) is 0 Å². The number of methoxy groups -OCH3 is 1. The van der Waals surface area contributed by atoms with Gasteiger partial charge in [0.25, 0.3) is 11.8 Å². The van der Waals surface area contributed by atoms with E-state index in [1.807, 2.05) is 6.92 Å². The standard InChI is InChI=1S/C21H21N3O4S/c1-3-4-9-18(25)23-21(29)22-13-10-11-16(17(12-13)28-2)24-19(26)14-7-5-6-8-15(14)20(24)27/h5-8,10-12H,3-4,9H2,1-2H3,(H2,22,23,25,29). The number of fused-ring (bicyclic) bond motifs is 1. The van der Waals surface area contributed by atoms with Crippen molar-refractivity contribution in [2.45, 2.75) is 26.2 Å². The van der Waals surface area contributed by atoms with Gasteiger partial charge in [-0.25, -0.2) is 4.90 Å². The number of carbonyl (C=O) groups excluding carboxylic acids is 3. The van der Waals surface area contributed by atoms with Gasteiger partial charge in [-0.1, -0.05) is 25.5 Å². The van der Waals surface area contributed by atoms with Crippen LogP contribution < -0.4 is 20.3 Å². The first-order chi connectivity index (χ1) is 14.0. The minimum atomic E-state index is -0.400. The number of unbranched alkanes of at least 4 members (excludes halogenated alkanes) is 1. The molecule has 0 unspecified atom stereocenters. The van der Waals surface area contributed by atoms with E-state index in [4.69, 9.17) is 17.0 Å². The van der Waals surface area contributed by atoms with Crippen LogP contribution >= 0.6 is 12.2 Å². The van der Waals surface area contributed by atoms with Crippen LogP contribution in [-0.2, 0) is 4.79 Å². The van der Waals surface area contributed by atoms with E-state index in [1.54, 1.807) is 42.5 Å². The number of amides is 3. The minimum Gasteiger partial charge on any atom is -0.494 e. The molecule has 0 aromatic heterocycles. The molecule has 0 spiro atoms. The van der Waals surface area contributed by atoms with Crippen LogP contribution in [0.4, 0.5) is 11.4 Å². The van der Waals surface area contributed by atoms with E-state index in [1.165, 1.54) is 7.11 Å². The fourth-order valence-electron chi connectivity index (χ4n) is 3.04. The predicted molar refractivity (Wildman–Crippen MR) is 114 cm³/mol. The smallest absolute Gasteiger partial charge is 0.266 e. The van der Waals surface area contributed by atoms with Gasteiger partial charge in [0.2, 0.25) is 5.91 Å². The third kappa shape index (κ3) is 4.27. The highest BCUT2D eigenvalue weighted by Crippen LogP contribution is 2.36. The molecule has 0 aliphatic carbocycles. The summed E-state index contributed by atoms with van der Waals surface area (Å²) >= 11 is 5.16. The number of imide groups is 1. The van der Waals surface area contributed by atoms with Crippen LogP contribution in [0.1, 0.15) is 46.9 Å². The summed E-state index contributed by atoms with van der Waals surface area (Å²) in [5, 5.41) is 5.70. The third-order valence-corrected chi connectivity index (χ3v) is 4.69.